The summed E-state index contributed by atoms with van der Waals surface area (Å²) in [6, 6.07) is 6.30. The zero-order valence-corrected chi connectivity index (χ0v) is 18.3. The zero-order chi connectivity index (χ0) is 20.8. The van der Waals surface area contributed by atoms with E-state index in [1.165, 1.54) is 5.39 Å². The van der Waals surface area contributed by atoms with Gasteiger partial charge in [-0.3, -0.25) is 4.98 Å². The van der Waals surface area contributed by atoms with Crippen molar-refractivity contribution in [3.63, 3.8) is 0 Å². The Bertz CT molecular complexity index is 1160. The van der Waals surface area contributed by atoms with Crippen LogP contribution in [-0.4, -0.2) is 61.3 Å². The van der Waals surface area contributed by atoms with E-state index in [2.05, 4.69) is 39.7 Å². The second kappa shape index (κ2) is 7.50. The first-order chi connectivity index (χ1) is 13.9. The van der Waals surface area contributed by atoms with Crippen molar-refractivity contribution in [2.75, 3.05) is 43.9 Å². The number of methoxy groups -OCH3 is 1. The molecule has 2 aromatic heterocycles. The number of aryl methyl sites for hydroxylation is 2. The molecule has 0 saturated carbocycles. The summed E-state index contributed by atoms with van der Waals surface area (Å²) in [7, 11) is 0.580. The fourth-order valence-corrected chi connectivity index (χ4v) is 5.87. The van der Waals surface area contributed by atoms with Crippen LogP contribution in [0.4, 0.5) is 5.69 Å². The van der Waals surface area contributed by atoms with Crippen molar-refractivity contribution in [1.82, 2.24) is 13.9 Å². The van der Waals surface area contributed by atoms with Gasteiger partial charge in [-0.25, -0.2) is 8.42 Å². The van der Waals surface area contributed by atoms with Gasteiger partial charge in [0.1, 0.15) is 5.75 Å². The average Bonchev–Trinajstić information content (AvgIpc) is 3.00. The van der Waals surface area contributed by atoms with Gasteiger partial charge in [0.05, 0.1) is 35.3 Å². The van der Waals surface area contributed by atoms with Crippen LogP contribution in [0.5, 0.6) is 5.75 Å². The lowest BCUT2D eigenvalue weighted by Gasteiger charge is -2.36. The van der Waals surface area contributed by atoms with E-state index in [4.69, 9.17) is 4.74 Å². The summed E-state index contributed by atoms with van der Waals surface area (Å²) in [5, 5.41) is 2.33. The van der Waals surface area contributed by atoms with Gasteiger partial charge >= 0.3 is 0 Å². The number of ether oxygens (including phenoxy) is 1. The number of nitrogens with zero attached hydrogens (tertiary/aromatic N) is 4. The fraction of sp³-hybridized carbons (Fsp3) is 0.476. The van der Waals surface area contributed by atoms with E-state index in [-0.39, 0.29) is 5.75 Å². The minimum atomic E-state index is -3.15. The monoisotopic (exact) mass is 416 g/mol. The summed E-state index contributed by atoms with van der Waals surface area (Å²) in [4.78, 5) is 6.67. The van der Waals surface area contributed by atoms with Crippen LogP contribution in [0, 0.1) is 6.92 Å². The predicted octanol–water partition coefficient (Wildman–Crippen LogP) is 2.91. The first kappa shape index (κ1) is 20.0. The lowest BCUT2D eigenvalue weighted by molar-refractivity contribution is 0.378. The molecule has 0 bridgehead atoms. The molecule has 0 N–H and O–H groups in total. The summed E-state index contributed by atoms with van der Waals surface area (Å²) in [5.41, 5.74) is 4.23. The molecule has 0 aliphatic carbocycles. The van der Waals surface area contributed by atoms with Crippen molar-refractivity contribution < 1.29 is 13.2 Å². The van der Waals surface area contributed by atoms with Crippen LogP contribution in [0.3, 0.4) is 0 Å². The van der Waals surface area contributed by atoms with Crippen molar-refractivity contribution >= 4 is 37.5 Å². The van der Waals surface area contributed by atoms with E-state index < -0.39 is 10.0 Å². The average molecular weight is 417 g/mol. The third kappa shape index (κ3) is 3.34. The van der Waals surface area contributed by atoms with Gasteiger partial charge in [-0.1, -0.05) is 6.92 Å². The molecule has 3 heterocycles. The van der Waals surface area contributed by atoms with Crippen LogP contribution in [-0.2, 0) is 17.1 Å². The smallest absolute Gasteiger partial charge is 0.214 e. The normalized spacial score (nSPS) is 16.1. The van der Waals surface area contributed by atoms with Crippen LogP contribution < -0.4 is 9.64 Å². The van der Waals surface area contributed by atoms with Crippen molar-refractivity contribution in [1.29, 1.82) is 0 Å². The topological polar surface area (TPSA) is 67.7 Å². The number of hydrogen-bond acceptors (Lipinski definition) is 5. The molecule has 1 aromatic carbocycles. The number of pyridine rings is 1. The number of rotatable bonds is 5. The lowest BCUT2D eigenvalue weighted by atomic mass is 10.1. The van der Waals surface area contributed by atoms with E-state index in [9.17, 15) is 8.42 Å². The summed E-state index contributed by atoms with van der Waals surface area (Å²) >= 11 is 0. The quantitative estimate of drug-likeness (QED) is 0.640. The van der Waals surface area contributed by atoms with Gasteiger partial charge in [0.25, 0.3) is 0 Å². The van der Waals surface area contributed by atoms with Crippen LogP contribution >= 0.6 is 0 Å². The van der Waals surface area contributed by atoms with Gasteiger partial charge in [-0.05, 0) is 25.5 Å². The lowest BCUT2D eigenvalue weighted by Crippen LogP contribution is -2.49. The molecule has 0 spiro atoms. The Hall–Kier alpha value is -2.32. The highest BCUT2D eigenvalue weighted by molar-refractivity contribution is 7.89. The van der Waals surface area contributed by atoms with Crippen molar-refractivity contribution in [2.45, 2.75) is 20.3 Å². The maximum absolute atomic E-state index is 12.4. The number of fused-ring (bicyclic) bond motifs is 3. The van der Waals surface area contributed by atoms with Gasteiger partial charge < -0.3 is 14.2 Å². The molecule has 0 radical (unpaired) electrons. The minimum absolute atomic E-state index is 0.214. The predicted molar refractivity (Wildman–Crippen MR) is 117 cm³/mol. The van der Waals surface area contributed by atoms with Gasteiger partial charge in [0.15, 0.2) is 0 Å². The van der Waals surface area contributed by atoms with Crippen LogP contribution in [0.1, 0.15) is 19.0 Å². The molecule has 156 valence electrons. The molecule has 0 atom stereocenters. The summed E-state index contributed by atoms with van der Waals surface area (Å²) in [5.74, 6) is 1.02. The number of aromatic nitrogens is 2. The van der Waals surface area contributed by atoms with Crippen molar-refractivity contribution in [3.05, 3.63) is 30.1 Å². The van der Waals surface area contributed by atoms with Crippen molar-refractivity contribution in [3.8, 4) is 5.75 Å². The Kier molecular flexibility index (Phi) is 5.16. The third-order valence-corrected chi connectivity index (χ3v) is 7.90. The second-order valence-electron chi connectivity index (χ2n) is 7.59. The first-order valence-electron chi connectivity index (χ1n) is 10.0. The minimum Gasteiger partial charge on any atom is -0.495 e. The maximum atomic E-state index is 12.4. The number of piperazine rings is 1. The highest BCUT2D eigenvalue weighted by atomic mass is 32.2. The highest BCUT2D eigenvalue weighted by Crippen LogP contribution is 2.38. The first-order valence-corrected chi connectivity index (χ1v) is 11.6. The standard InChI is InChI=1S/C21H28N4O3S/c1-5-12-29(26,27)25-10-8-24(9-11-25)19-13-17-16-6-7-22-15(2)21(16)23(3)18(17)14-20(19)28-4/h6-7,13-14H,5,8-12H2,1-4H3. The van der Waals surface area contributed by atoms with E-state index in [0.29, 0.717) is 32.6 Å². The highest BCUT2D eigenvalue weighted by Gasteiger charge is 2.28. The Morgan fingerprint density at radius 3 is 2.52 bits per heavy atom. The Balaban J connectivity index is 1.73. The molecule has 8 heteroatoms. The van der Waals surface area contributed by atoms with Crippen LogP contribution in [0.2, 0.25) is 0 Å². The Morgan fingerprint density at radius 2 is 1.86 bits per heavy atom. The van der Waals surface area contributed by atoms with E-state index in [1.54, 1.807) is 11.4 Å². The molecular weight excluding hydrogens is 388 g/mol. The molecule has 1 aliphatic rings. The number of benzene rings is 1. The van der Waals surface area contributed by atoms with E-state index in [0.717, 1.165) is 33.6 Å². The van der Waals surface area contributed by atoms with E-state index >= 15 is 0 Å². The Labute approximate surface area is 171 Å². The van der Waals surface area contributed by atoms with Crippen LogP contribution in [0.15, 0.2) is 24.4 Å². The van der Waals surface area contributed by atoms with Gasteiger partial charge in [0, 0.05) is 56.3 Å². The SMILES string of the molecule is CCCS(=O)(=O)N1CCN(c2cc3c4ccnc(C)c4n(C)c3cc2OC)CC1. The molecular formula is C21H28N4O3S. The van der Waals surface area contributed by atoms with Crippen molar-refractivity contribution in [2.24, 2.45) is 7.05 Å². The third-order valence-electron chi connectivity index (χ3n) is 5.83. The van der Waals surface area contributed by atoms with Crippen LogP contribution in [0.25, 0.3) is 21.8 Å². The summed E-state index contributed by atoms with van der Waals surface area (Å²) < 4.78 is 34.3. The molecule has 1 aliphatic heterocycles. The second-order valence-corrected chi connectivity index (χ2v) is 9.68. The zero-order valence-electron chi connectivity index (χ0n) is 17.5. The number of anilines is 1. The molecule has 1 fully saturated rings. The Morgan fingerprint density at radius 1 is 1.14 bits per heavy atom. The molecule has 29 heavy (non-hydrogen) atoms. The molecule has 3 aromatic rings. The molecule has 7 nitrogen and oxygen atoms in total. The molecule has 4 rings (SSSR count). The van der Waals surface area contributed by atoms with E-state index in [1.807, 2.05) is 20.0 Å². The largest absolute Gasteiger partial charge is 0.495 e. The maximum Gasteiger partial charge on any atom is 0.214 e. The summed E-state index contributed by atoms with van der Waals surface area (Å²) in [6.45, 7) is 6.22. The van der Waals surface area contributed by atoms with Gasteiger partial charge in [0.2, 0.25) is 10.0 Å². The molecule has 1 saturated heterocycles. The number of hydrogen-bond donors (Lipinski definition) is 0. The molecule has 0 amide bonds. The molecule has 0 unspecified atom stereocenters. The van der Waals surface area contributed by atoms with Gasteiger partial charge in [-0.2, -0.15) is 4.31 Å². The fourth-order valence-electron chi connectivity index (χ4n) is 4.38. The summed E-state index contributed by atoms with van der Waals surface area (Å²) in [6.07, 6.45) is 2.49. The number of sulfonamides is 1. The van der Waals surface area contributed by atoms with Gasteiger partial charge in [-0.15, -0.1) is 0 Å².